The topological polar surface area (TPSA) is 41.5 Å². The number of hydrogen-bond donors (Lipinski definition) is 1. The van der Waals surface area contributed by atoms with Gasteiger partial charge in [0.1, 0.15) is 5.82 Å². The van der Waals surface area contributed by atoms with Gasteiger partial charge in [0.15, 0.2) is 0 Å². The number of aryl methyl sites for hydroxylation is 1. The Morgan fingerprint density at radius 1 is 1.12 bits per heavy atom. The minimum Gasteiger partial charge on any atom is -0.322 e. The lowest BCUT2D eigenvalue weighted by atomic mass is 10.1. The molecule has 0 atom stereocenters. The highest BCUT2D eigenvalue weighted by atomic mass is 32.1. The lowest BCUT2D eigenvalue weighted by Crippen LogP contribution is -2.12. The maximum absolute atomic E-state index is 13.6. The fraction of sp³-hybridized carbons (Fsp3) is 0.0526. The number of rotatable bonds is 4. The number of nitrogens with zero attached hydrogens (tertiary/aromatic N) is 1. The van der Waals surface area contributed by atoms with Crippen molar-refractivity contribution in [1.82, 2.24) is 0 Å². The summed E-state index contributed by atoms with van der Waals surface area (Å²) >= 11 is 1.60. The summed E-state index contributed by atoms with van der Waals surface area (Å²) in [5, 5.41) is 2.75. The summed E-state index contributed by atoms with van der Waals surface area (Å²) in [6.45, 7) is 2.01. The Balaban J connectivity index is 1.87. The van der Waals surface area contributed by atoms with Crippen molar-refractivity contribution in [2.24, 2.45) is 4.99 Å². The van der Waals surface area contributed by atoms with Crippen LogP contribution in [0.2, 0.25) is 0 Å². The number of carbonyl (C=O) groups is 1. The number of carbonyl (C=O) groups excluding carboxylic acids is 1. The van der Waals surface area contributed by atoms with Crippen LogP contribution < -0.4 is 5.32 Å². The first-order valence-electron chi connectivity index (χ1n) is 7.38. The summed E-state index contributed by atoms with van der Waals surface area (Å²) in [6.07, 6.45) is 1.68. The van der Waals surface area contributed by atoms with Crippen molar-refractivity contribution in [2.75, 3.05) is 5.32 Å². The number of nitrogens with one attached hydrogen (secondary N) is 1. The molecule has 0 aliphatic rings. The summed E-state index contributed by atoms with van der Waals surface area (Å²) in [4.78, 5) is 19.0. The van der Waals surface area contributed by atoms with Crippen LogP contribution >= 0.6 is 11.3 Å². The van der Waals surface area contributed by atoms with Crippen LogP contribution in [0.25, 0.3) is 0 Å². The molecule has 1 N–H and O–H groups in total. The lowest BCUT2D eigenvalue weighted by molar-refractivity contribution is 0.102. The van der Waals surface area contributed by atoms with Crippen LogP contribution in [-0.2, 0) is 0 Å². The number of para-hydroxylation sites is 1. The van der Waals surface area contributed by atoms with Gasteiger partial charge in [-0.2, -0.15) is 0 Å². The maximum atomic E-state index is 13.6. The third-order valence-corrected chi connectivity index (χ3v) is 4.26. The summed E-state index contributed by atoms with van der Waals surface area (Å²) in [5.41, 5.74) is 1.27. The van der Waals surface area contributed by atoms with E-state index in [9.17, 15) is 9.18 Å². The van der Waals surface area contributed by atoms with E-state index in [1.165, 1.54) is 23.1 Å². The molecule has 5 heteroatoms. The first kappa shape index (κ1) is 16.1. The van der Waals surface area contributed by atoms with E-state index in [-0.39, 0.29) is 5.56 Å². The molecular formula is C19H15FN2OS. The van der Waals surface area contributed by atoms with Gasteiger partial charge in [-0.05, 0) is 49.4 Å². The van der Waals surface area contributed by atoms with Gasteiger partial charge < -0.3 is 5.32 Å². The zero-order chi connectivity index (χ0) is 16.9. The zero-order valence-corrected chi connectivity index (χ0v) is 13.8. The van der Waals surface area contributed by atoms with Crippen molar-refractivity contribution in [1.29, 1.82) is 0 Å². The van der Waals surface area contributed by atoms with E-state index in [4.69, 9.17) is 0 Å². The average Bonchev–Trinajstić information content (AvgIpc) is 3.00. The highest BCUT2D eigenvalue weighted by Gasteiger charge is 2.12. The Kier molecular flexibility index (Phi) is 4.82. The Morgan fingerprint density at radius 2 is 1.92 bits per heavy atom. The predicted octanol–water partition coefficient (Wildman–Crippen LogP) is 5.20. The first-order valence-corrected chi connectivity index (χ1v) is 8.20. The fourth-order valence-electron chi connectivity index (χ4n) is 2.18. The van der Waals surface area contributed by atoms with Crippen LogP contribution in [0.4, 0.5) is 15.8 Å². The molecule has 0 bridgehead atoms. The van der Waals surface area contributed by atoms with E-state index in [2.05, 4.69) is 10.3 Å². The van der Waals surface area contributed by atoms with E-state index in [1.54, 1.807) is 29.7 Å². The fourth-order valence-corrected chi connectivity index (χ4v) is 2.93. The van der Waals surface area contributed by atoms with E-state index < -0.39 is 11.7 Å². The second kappa shape index (κ2) is 7.19. The largest absolute Gasteiger partial charge is 0.322 e. The molecule has 0 unspecified atom stereocenters. The smallest absolute Gasteiger partial charge is 0.257 e. The van der Waals surface area contributed by atoms with Crippen LogP contribution in [0.3, 0.4) is 0 Å². The predicted molar refractivity (Wildman–Crippen MR) is 97.1 cm³/mol. The monoisotopic (exact) mass is 338 g/mol. The van der Waals surface area contributed by atoms with Gasteiger partial charge in [-0.1, -0.05) is 18.2 Å². The van der Waals surface area contributed by atoms with Gasteiger partial charge in [0, 0.05) is 21.7 Å². The SMILES string of the molecule is Cc1ccc(C=Nc2ccc(F)cc2C(=O)Nc2ccccc2)s1. The van der Waals surface area contributed by atoms with Gasteiger partial charge in [-0.25, -0.2) is 4.39 Å². The summed E-state index contributed by atoms with van der Waals surface area (Å²) < 4.78 is 13.6. The normalized spacial score (nSPS) is 10.9. The molecule has 1 amide bonds. The van der Waals surface area contributed by atoms with Crippen molar-refractivity contribution in [3.63, 3.8) is 0 Å². The van der Waals surface area contributed by atoms with Crippen molar-refractivity contribution in [3.8, 4) is 0 Å². The molecule has 0 aliphatic heterocycles. The van der Waals surface area contributed by atoms with E-state index in [1.807, 2.05) is 37.3 Å². The standard InChI is InChI=1S/C19H15FN2OS/c1-13-7-9-16(24-13)12-21-18-10-8-14(20)11-17(18)19(23)22-15-5-3-2-4-6-15/h2-12H,1H3,(H,22,23). The number of amides is 1. The Morgan fingerprint density at radius 3 is 2.62 bits per heavy atom. The van der Waals surface area contributed by atoms with Crippen molar-refractivity contribution in [3.05, 3.63) is 81.8 Å². The van der Waals surface area contributed by atoms with E-state index >= 15 is 0 Å². The van der Waals surface area contributed by atoms with Crippen LogP contribution in [0, 0.1) is 12.7 Å². The van der Waals surface area contributed by atoms with Crippen LogP contribution in [0.5, 0.6) is 0 Å². The lowest BCUT2D eigenvalue weighted by Gasteiger charge is -2.07. The first-order chi connectivity index (χ1) is 11.6. The Hall–Kier alpha value is -2.79. The second-order valence-electron chi connectivity index (χ2n) is 5.19. The summed E-state index contributed by atoms with van der Waals surface area (Å²) in [5.74, 6) is -0.866. The molecule has 0 fully saturated rings. The van der Waals surface area contributed by atoms with Crippen LogP contribution in [0.1, 0.15) is 20.1 Å². The van der Waals surface area contributed by atoms with Gasteiger partial charge in [0.25, 0.3) is 5.91 Å². The molecule has 0 aliphatic carbocycles. The molecule has 3 nitrogen and oxygen atoms in total. The quantitative estimate of drug-likeness (QED) is 0.653. The molecule has 0 radical (unpaired) electrons. The third-order valence-electron chi connectivity index (χ3n) is 3.33. The van der Waals surface area contributed by atoms with Gasteiger partial charge in [-0.3, -0.25) is 9.79 Å². The molecule has 2 aromatic carbocycles. The van der Waals surface area contributed by atoms with E-state index in [0.717, 1.165) is 4.88 Å². The maximum Gasteiger partial charge on any atom is 0.257 e. The minimum absolute atomic E-state index is 0.198. The molecule has 3 rings (SSSR count). The van der Waals surface area contributed by atoms with Gasteiger partial charge in [0.2, 0.25) is 0 Å². The zero-order valence-electron chi connectivity index (χ0n) is 13.0. The van der Waals surface area contributed by atoms with E-state index in [0.29, 0.717) is 11.4 Å². The van der Waals surface area contributed by atoms with Crippen molar-refractivity contribution >= 4 is 34.8 Å². The molecule has 0 saturated heterocycles. The molecule has 1 aromatic heterocycles. The van der Waals surface area contributed by atoms with Crippen LogP contribution in [0.15, 0.2) is 65.7 Å². The van der Waals surface area contributed by atoms with Gasteiger partial charge in [0.05, 0.1) is 11.3 Å². The summed E-state index contributed by atoms with van der Waals surface area (Å²) in [6, 6.07) is 17.0. The molecule has 120 valence electrons. The second-order valence-corrected chi connectivity index (χ2v) is 6.51. The van der Waals surface area contributed by atoms with Gasteiger partial charge >= 0.3 is 0 Å². The number of thiophene rings is 1. The third kappa shape index (κ3) is 3.94. The molecule has 1 heterocycles. The molecule has 0 saturated carbocycles. The van der Waals surface area contributed by atoms with Gasteiger partial charge in [-0.15, -0.1) is 11.3 Å². The Labute approximate surface area is 143 Å². The molecular weight excluding hydrogens is 323 g/mol. The Bertz CT molecular complexity index is 887. The number of halogens is 1. The minimum atomic E-state index is -0.473. The molecule has 0 spiro atoms. The summed E-state index contributed by atoms with van der Waals surface area (Å²) in [7, 11) is 0. The number of benzene rings is 2. The highest BCUT2D eigenvalue weighted by Crippen LogP contribution is 2.23. The molecule has 24 heavy (non-hydrogen) atoms. The van der Waals surface area contributed by atoms with Crippen molar-refractivity contribution in [2.45, 2.75) is 6.92 Å². The number of aliphatic imine (C=N–C) groups is 1. The van der Waals surface area contributed by atoms with Crippen LogP contribution in [-0.4, -0.2) is 12.1 Å². The van der Waals surface area contributed by atoms with Crippen molar-refractivity contribution < 1.29 is 9.18 Å². The number of hydrogen-bond acceptors (Lipinski definition) is 3. The molecule has 3 aromatic rings. The number of anilines is 1. The highest BCUT2D eigenvalue weighted by molar-refractivity contribution is 7.13. The average molecular weight is 338 g/mol.